The van der Waals surface area contributed by atoms with E-state index < -0.39 is 18.4 Å². The predicted octanol–water partition coefficient (Wildman–Crippen LogP) is 5.09. The molecule has 1 aromatic heterocycles. The van der Waals surface area contributed by atoms with Gasteiger partial charge in [-0.25, -0.2) is 9.69 Å². The Balaban J connectivity index is 1.56. The highest BCUT2D eigenvalue weighted by Gasteiger charge is 2.44. The minimum absolute atomic E-state index is 0.0480. The third-order valence-electron chi connectivity index (χ3n) is 6.60. The maximum atomic E-state index is 13.8. The lowest BCUT2D eigenvalue weighted by Gasteiger charge is -2.38. The van der Waals surface area contributed by atoms with Crippen molar-refractivity contribution in [2.75, 3.05) is 25.2 Å². The van der Waals surface area contributed by atoms with E-state index in [1.165, 1.54) is 13.2 Å². The molecule has 0 fully saturated rings. The molecule has 2 amide bonds. The summed E-state index contributed by atoms with van der Waals surface area (Å²) in [5, 5.41) is 13.6. The standard InChI is InChI=1S/C29H28N2O6S/c1-3-13-36-29(34)31-22-17-25(37-18-19-8-5-4-6-9-19)24(35-2)16-21(22)27(32)30-12-11-20(15-23(30)28(31)33)26-10-7-14-38-26/h3-11,14,16-17,23,28,33H,1,12-13,15,18H2,2H3/t23-,28?/m0/s1. The van der Waals surface area contributed by atoms with E-state index in [0.29, 0.717) is 17.9 Å². The van der Waals surface area contributed by atoms with Gasteiger partial charge < -0.3 is 24.2 Å². The molecule has 38 heavy (non-hydrogen) atoms. The molecule has 3 aromatic rings. The zero-order valence-electron chi connectivity index (χ0n) is 20.9. The largest absolute Gasteiger partial charge is 0.493 e. The number of nitrogens with zero attached hydrogens (tertiary/aromatic N) is 2. The van der Waals surface area contributed by atoms with Crippen LogP contribution in [0, 0.1) is 0 Å². The molecular weight excluding hydrogens is 504 g/mol. The van der Waals surface area contributed by atoms with Crippen LogP contribution in [-0.2, 0) is 11.3 Å². The van der Waals surface area contributed by atoms with E-state index >= 15 is 0 Å². The summed E-state index contributed by atoms with van der Waals surface area (Å²) in [4.78, 5) is 30.9. The molecule has 0 radical (unpaired) electrons. The number of amides is 2. The quantitative estimate of drug-likeness (QED) is 0.426. The van der Waals surface area contributed by atoms with Gasteiger partial charge in [-0.1, -0.05) is 55.1 Å². The van der Waals surface area contributed by atoms with Gasteiger partial charge in [0, 0.05) is 17.5 Å². The molecule has 1 unspecified atom stereocenters. The SMILES string of the molecule is C=CCOC(=O)N1c2cc(OCc3ccccc3)c(OC)cc2C(=O)N2CC=C(c3cccs3)C[C@H]2C1O. The normalized spacial score (nSPS) is 18.6. The Kier molecular flexibility index (Phi) is 7.48. The second-order valence-corrected chi connectivity index (χ2v) is 9.83. The van der Waals surface area contributed by atoms with Crippen molar-refractivity contribution in [3.8, 4) is 11.5 Å². The van der Waals surface area contributed by atoms with E-state index in [2.05, 4.69) is 6.58 Å². The van der Waals surface area contributed by atoms with Gasteiger partial charge in [0.1, 0.15) is 13.2 Å². The van der Waals surface area contributed by atoms with Crippen molar-refractivity contribution in [1.29, 1.82) is 0 Å². The van der Waals surface area contributed by atoms with Crippen molar-refractivity contribution in [2.45, 2.75) is 25.3 Å². The number of carbonyl (C=O) groups is 2. The first-order valence-electron chi connectivity index (χ1n) is 12.2. The maximum absolute atomic E-state index is 13.8. The highest BCUT2D eigenvalue weighted by molar-refractivity contribution is 7.11. The molecule has 2 atom stereocenters. The van der Waals surface area contributed by atoms with E-state index in [1.54, 1.807) is 28.4 Å². The number of anilines is 1. The summed E-state index contributed by atoms with van der Waals surface area (Å²) in [7, 11) is 1.49. The first-order chi connectivity index (χ1) is 18.5. The van der Waals surface area contributed by atoms with Crippen LogP contribution in [0.1, 0.15) is 27.2 Å². The van der Waals surface area contributed by atoms with E-state index in [9.17, 15) is 14.7 Å². The predicted molar refractivity (Wildman–Crippen MR) is 146 cm³/mol. The molecule has 0 bridgehead atoms. The van der Waals surface area contributed by atoms with Crippen LogP contribution >= 0.6 is 11.3 Å². The summed E-state index contributed by atoms with van der Waals surface area (Å²) in [5.74, 6) is 0.346. The molecule has 1 N–H and O–H groups in total. The van der Waals surface area contributed by atoms with Gasteiger partial charge in [-0.3, -0.25) is 4.79 Å². The highest BCUT2D eigenvalue weighted by Crippen LogP contribution is 2.42. The Morgan fingerprint density at radius 1 is 1.18 bits per heavy atom. The fourth-order valence-corrected chi connectivity index (χ4v) is 5.51. The Hall–Kier alpha value is -4.08. The number of rotatable bonds is 7. The first kappa shape index (κ1) is 25.6. The number of hydrogen-bond donors (Lipinski definition) is 1. The van der Waals surface area contributed by atoms with Gasteiger partial charge in [0.15, 0.2) is 17.7 Å². The number of methoxy groups -OCH3 is 1. The van der Waals surface area contributed by atoms with Crippen LogP contribution in [-0.4, -0.2) is 54.5 Å². The van der Waals surface area contributed by atoms with Crippen molar-refractivity contribution in [1.82, 2.24) is 4.90 Å². The van der Waals surface area contributed by atoms with Gasteiger partial charge in [0.25, 0.3) is 5.91 Å². The molecule has 196 valence electrons. The molecule has 0 aliphatic carbocycles. The van der Waals surface area contributed by atoms with Crippen LogP contribution < -0.4 is 14.4 Å². The third kappa shape index (κ3) is 4.90. The van der Waals surface area contributed by atoms with Crippen LogP contribution in [0.5, 0.6) is 11.5 Å². The van der Waals surface area contributed by atoms with E-state index in [-0.39, 0.29) is 36.9 Å². The Morgan fingerprint density at radius 3 is 2.71 bits per heavy atom. The lowest BCUT2D eigenvalue weighted by atomic mass is 9.97. The van der Waals surface area contributed by atoms with Gasteiger partial charge in [-0.2, -0.15) is 0 Å². The molecule has 8 nitrogen and oxygen atoms in total. The number of carbonyl (C=O) groups excluding carboxylic acids is 2. The minimum atomic E-state index is -1.36. The van der Waals surface area contributed by atoms with Gasteiger partial charge in [0.2, 0.25) is 0 Å². The number of ether oxygens (including phenoxy) is 3. The average Bonchev–Trinajstić information content (AvgIpc) is 3.47. The number of aliphatic hydroxyl groups is 1. The molecule has 9 heteroatoms. The van der Waals surface area contributed by atoms with Crippen molar-refractivity contribution >= 4 is 34.6 Å². The van der Waals surface area contributed by atoms with Crippen molar-refractivity contribution < 1.29 is 28.9 Å². The lowest BCUT2D eigenvalue weighted by molar-refractivity contribution is 0.0397. The molecule has 0 spiro atoms. The second kappa shape index (κ2) is 11.1. The zero-order chi connectivity index (χ0) is 26.6. The van der Waals surface area contributed by atoms with E-state index in [0.717, 1.165) is 20.9 Å². The Morgan fingerprint density at radius 2 is 2.00 bits per heavy atom. The molecule has 3 heterocycles. The molecule has 5 rings (SSSR count). The fourth-order valence-electron chi connectivity index (χ4n) is 4.73. The first-order valence-corrected chi connectivity index (χ1v) is 13.1. The van der Waals surface area contributed by atoms with E-state index in [4.69, 9.17) is 14.2 Å². The number of benzene rings is 2. The smallest absolute Gasteiger partial charge is 0.416 e. The number of thiophene rings is 1. The third-order valence-corrected chi connectivity index (χ3v) is 7.55. The van der Waals surface area contributed by atoms with Crippen LogP contribution in [0.15, 0.2) is 78.7 Å². The highest BCUT2D eigenvalue weighted by atomic mass is 32.1. The summed E-state index contributed by atoms with van der Waals surface area (Å²) in [5.41, 5.74) is 2.35. The lowest BCUT2D eigenvalue weighted by Crippen LogP contribution is -2.54. The fraction of sp³-hybridized carbons (Fsp3) is 0.241. The van der Waals surface area contributed by atoms with Crippen LogP contribution in [0.3, 0.4) is 0 Å². The van der Waals surface area contributed by atoms with Gasteiger partial charge in [0.05, 0.1) is 24.4 Å². The monoisotopic (exact) mass is 532 g/mol. The maximum Gasteiger partial charge on any atom is 0.416 e. The number of hydrogen-bond acceptors (Lipinski definition) is 7. The summed E-state index contributed by atoms with van der Waals surface area (Å²) in [6, 6.07) is 16.0. The Bertz CT molecular complexity index is 1350. The van der Waals surface area contributed by atoms with Crippen LogP contribution in [0.25, 0.3) is 5.57 Å². The summed E-state index contributed by atoms with van der Waals surface area (Å²) in [6.07, 6.45) is 1.66. The summed E-state index contributed by atoms with van der Waals surface area (Å²) in [6.45, 7) is 4.09. The van der Waals surface area contributed by atoms with Gasteiger partial charge >= 0.3 is 6.09 Å². The van der Waals surface area contributed by atoms with Crippen molar-refractivity contribution in [3.05, 3.63) is 94.7 Å². The number of fused-ring (bicyclic) bond motifs is 2. The topological polar surface area (TPSA) is 88.5 Å². The summed E-state index contributed by atoms with van der Waals surface area (Å²) < 4.78 is 17.0. The number of aliphatic hydroxyl groups excluding tert-OH is 1. The minimum Gasteiger partial charge on any atom is -0.493 e. The summed E-state index contributed by atoms with van der Waals surface area (Å²) >= 11 is 1.59. The zero-order valence-corrected chi connectivity index (χ0v) is 21.7. The van der Waals surface area contributed by atoms with Gasteiger partial charge in [-0.15, -0.1) is 11.3 Å². The van der Waals surface area contributed by atoms with Crippen molar-refractivity contribution in [2.24, 2.45) is 0 Å². The van der Waals surface area contributed by atoms with Crippen LogP contribution in [0.4, 0.5) is 10.5 Å². The molecule has 0 saturated carbocycles. The van der Waals surface area contributed by atoms with Crippen LogP contribution in [0.2, 0.25) is 0 Å². The molecular formula is C29H28N2O6S. The molecule has 2 aliphatic rings. The van der Waals surface area contributed by atoms with Gasteiger partial charge in [-0.05, 0) is 35.1 Å². The Labute approximate surface area is 225 Å². The molecule has 0 saturated heterocycles. The molecule has 2 aliphatic heterocycles. The average molecular weight is 533 g/mol. The molecule has 2 aromatic carbocycles. The van der Waals surface area contributed by atoms with Crippen molar-refractivity contribution in [3.63, 3.8) is 0 Å². The van der Waals surface area contributed by atoms with E-state index in [1.807, 2.05) is 53.9 Å². The second-order valence-electron chi connectivity index (χ2n) is 8.88.